The fourth-order valence-electron chi connectivity index (χ4n) is 2.34. The fraction of sp³-hybridized carbons (Fsp3) is 0.889. The van der Waals surface area contributed by atoms with Crippen LogP contribution in [0.15, 0.2) is 0 Å². The van der Waals surface area contributed by atoms with Crippen molar-refractivity contribution in [2.24, 2.45) is 0 Å². The molecule has 0 aromatic carbocycles. The van der Waals surface area contributed by atoms with Gasteiger partial charge in [0, 0.05) is 24.4 Å². The smallest absolute Gasteiger partial charge is 0.317 e. The number of thioether (sulfide) groups is 1. The molecule has 2 fully saturated rings. The number of carbonyl (C=O) groups excluding carboxylic acids is 1. The van der Waals surface area contributed by atoms with Crippen LogP contribution in [0.5, 0.6) is 0 Å². The minimum atomic E-state index is 0.144. The maximum Gasteiger partial charge on any atom is 0.317 e. The number of nitrogens with one attached hydrogen (secondary N) is 1. The summed E-state index contributed by atoms with van der Waals surface area (Å²) in [6.45, 7) is 1.73. The Kier molecular flexibility index (Phi) is 2.67. The van der Waals surface area contributed by atoms with Crippen molar-refractivity contribution in [3.05, 3.63) is 0 Å². The van der Waals surface area contributed by atoms with Crippen LogP contribution in [0.4, 0.5) is 4.79 Å². The summed E-state index contributed by atoms with van der Waals surface area (Å²) in [5, 5.41) is 3.54. The Labute approximate surface area is 83.2 Å². The summed E-state index contributed by atoms with van der Waals surface area (Å²) < 4.78 is 0. The number of carbonyl (C=O) groups is 1. The maximum absolute atomic E-state index is 11.4. The van der Waals surface area contributed by atoms with Crippen LogP contribution in [0.25, 0.3) is 0 Å². The second kappa shape index (κ2) is 3.78. The normalized spacial score (nSPS) is 33.9. The van der Waals surface area contributed by atoms with Gasteiger partial charge >= 0.3 is 6.03 Å². The van der Waals surface area contributed by atoms with E-state index >= 15 is 0 Å². The molecule has 4 heteroatoms. The number of hydrogen-bond donors (Lipinski definition) is 1. The molecule has 0 spiro atoms. The van der Waals surface area contributed by atoms with Gasteiger partial charge in [-0.25, -0.2) is 4.79 Å². The van der Waals surface area contributed by atoms with E-state index in [-0.39, 0.29) is 6.03 Å². The van der Waals surface area contributed by atoms with Crippen LogP contribution in [-0.2, 0) is 0 Å². The molecule has 2 rings (SSSR count). The topological polar surface area (TPSA) is 32.3 Å². The molecule has 2 amide bonds. The van der Waals surface area contributed by atoms with E-state index in [0.717, 1.165) is 13.1 Å². The van der Waals surface area contributed by atoms with Crippen LogP contribution in [0, 0.1) is 0 Å². The minimum Gasteiger partial charge on any atom is -0.336 e. The van der Waals surface area contributed by atoms with Crippen molar-refractivity contribution in [2.45, 2.75) is 30.6 Å². The van der Waals surface area contributed by atoms with Gasteiger partial charge in [-0.3, -0.25) is 0 Å². The van der Waals surface area contributed by atoms with Gasteiger partial charge in [0.2, 0.25) is 0 Å². The predicted molar refractivity (Wildman–Crippen MR) is 55.0 cm³/mol. The first-order valence-corrected chi connectivity index (χ1v) is 6.19. The third-order valence-corrected chi connectivity index (χ3v) is 4.17. The molecule has 0 aromatic rings. The molecule has 1 aliphatic heterocycles. The second-order valence-electron chi connectivity index (χ2n) is 3.70. The quantitative estimate of drug-likeness (QED) is 0.728. The van der Waals surface area contributed by atoms with Gasteiger partial charge < -0.3 is 10.2 Å². The molecule has 1 N–H and O–H groups in total. The van der Waals surface area contributed by atoms with E-state index in [1.807, 2.05) is 16.7 Å². The largest absolute Gasteiger partial charge is 0.336 e. The van der Waals surface area contributed by atoms with Crippen LogP contribution in [-0.4, -0.2) is 41.6 Å². The molecule has 0 aromatic heterocycles. The molecular weight excluding hydrogens is 184 g/mol. The van der Waals surface area contributed by atoms with E-state index < -0.39 is 0 Å². The first-order chi connectivity index (χ1) is 6.33. The van der Waals surface area contributed by atoms with E-state index in [1.54, 1.807) is 0 Å². The van der Waals surface area contributed by atoms with Crippen molar-refractivity contribution in [3.63, 3.8) is 0 Å². The van der Waals surface area contributed by atoms with Crippen LogP contribution >= 0.6 is 11.8 Å². The van der Waals surface area contributed by atoms with Crippen LogP contribution in [0.3, 0.4) is 0 Å². The third kappa shape index (κ3) is 1.64. The van der Waals surface area contributed by atoms with Crippen molar-refractivity contribution >= 4 is 17.8 Å². The summed E-state index contributed by atoms with van der Waals surface area (Å²) >= 11 is 1.91. The highest BCUT2D eigenvalue weighted by Crippen LogP contribution is 2.32. The molecule has 1 saturated heterocycles. The molecule has 2 aliphatic rings. The monoisotopic (exact) mass is 200 g/mol. The van der Waals surface area contributed by atoms with E-state index in [1.165, 1.54) is 19.3 Å². The van der Waals surface area contributed by atoms with Crippen molar-refractivity contribution in [1.29, 1.82) is 0 Å². The van der Waals surface area contributed by atoms with Gasteiger partial charge in [0.05, 0.1) is 0 Å². The van der Waals surface area contributed by atoms with Crippen molar-refractivity contribution < 1.29 is 4.79 Å². The Morgan fingerprint density at radius 2 is 2.38 bits per heavy atom. The molecule has 13 heavy (non-hydrogen) atoms. The first-order valence-electron chi connectivity index (χ1n) is 4.90. The van der Waals surface area contributed by atoms with Crippen molar-refractivity contribution in [2.75, 3.05) is 19.3 Å². The Morgan fingerprint density at radius 3 is 3.00 bits per heavy atom. The number of urea groups is 1. The lowest BCUT2D eigenvalue weighted by Crippen LogP contribution is -2.41. The average molecular weight is 200 g/mol. The highest BCUT2D eigenvalue weighted by molar-refractivity contribution is 7.99. The maximum atomic E-state index is 11.4. The molecule has 2 unspecified atom stereocenters. The van der Waals surface area contributed by atoms with Gasteiger partial charge in [-0.2, -0.15) is 11.8 Å². The van der Waals surface area contributed by atoms with Crippen LogP contribution < -0.4 is 5.32 Å². The number of rotatable bonds is 2. The zero-order chi connectivity index (χ0) is 9.26. The standard InChI is InChI=1S/C9H16N2OS/c1-13-8-4-2-3-7(8)11-6-5-10-9(11)12/h7-8H,2-6H2,1H3,(H,10,12). The average Bonchev–Trinajstić information content (AvgIpc) is 2.71. The summed E-state index contributed by atoms with van der Waals surface area (Å²) in [7, 11) is 0. The second-order valence-corrected chi connectivity index (χ2v) is 4.77. The highest BCUT2D eigenvalue weighted by Gasteiger charge is 2.35. The molecule has 1 aliphatic carbocycles. The zero-order valence-corrected chi connectivity index (χ0v) is 8.77. The zero-order valence-electron chi connectivity index (χ0n) is 7.95. The summed E-state index contributed by atoms with van der Waals surface area (Å²) in [6, 6.07) is 0.642. The molecule has 74 valence electrons. The summed E-state index contributed by atoms with van der Waals surface area (Å²) in [4.78, 5) is 13.5. The van der Waals surface area contributed by atoms with Gasteiger partial charge in [-0.15, -0.1) is 0 Å². The molecule has 0 radical (unpaired) electrons. The van der Waals surface area contributed by atoms with E-state index in [2.05, 4.69) is 11.6 Å². The lowest BCUT2D eigenvalue weighted by Gasteiger charge is -2.27. The van der Waals surface area contributed by atoms with Crippen LogP contribution in [0.1, 0.15) is 19.3 Å². The fourth-order valence-corrected chi connectivity index (χ4v) is 3.34. The number of hydrogen-bond acceptors (Lipinski definition) is 2. The van der Waals surface area contributed by atoms with Crippen molar-refractivity contribution in [1.82, 2.24) is 10.2 Å². The Hall–Kier alpha value is -0.380. The predicted octanol–water partition coefficient (Wildman–Crippen LogP) is 1.30. The molecule has 2 atom stereocenters. The van der Waals surface area contributed by atoms with Crippen LogP contribution in [0.2, 0.25) is 0 Å². The Bertz CT molecular complexity index is 210. The number of nitrogens with zero attached hydrogens (tertiary/aromatic N) is 1. The summed E-state index contributed by atoms with van der Waals surface area (Å²) in [5.41, 5.74) is 0. The summed E-state index contributed by atoms with van der Waals surface area (Å²) in [5.74, 6) is 0. The molecule has 0 bridgehead atoms. The lowest BCUT2D eigenvalue weighted by atomic mass is 10.2. The SMILES string of the molecule is CSC1CCCC1N1CCNC1=O. The van der Waals surface area contributed by atoms with E-state index in [4.69, 9.17) is 0 Å². The van der Waals surface area contributed by atoms with Gasteiger partial charge in [0.15, 0.2) is 0 Å². The van der Waals surface area contributed by atoms with Crippen molar-refractivity contribution in [3.8, 4) is 0 Å². The molecular formula is C9H16N2OS. The molecule has 1 heterocycles. The van der Waals surface area contributed by atoms with Gasteiger partial charge in [0.1, 0.15) is 0 Å². The van der Waals surface area contributed by atoms with E-state index in [9.17, 15) is 4.79 Å². The third-order valence-electron chi connectivity index (χ3n) is 3.01. The first kappa shape index (κ1) is 9.19. The Balaban J connectivity index is 2.02. The molecule has 3 nitrogen and oxygen atoms in total. The van der Waals surface area contributed by atoms with Gasteiger partial charge in [-0.05, 0) is 19.1 Å². The minimum absolute atomic E-state index is 0.144. The van der Waals surface area contributed by atoms with Gasteiger partial charge in [0.25, 0.3) is 0 Å². The number of amides is 2. The highest BCUT2D eigenvalue weighted by atomic mass is 32.2. The van der Waals surface area contributed by atoms with Gasteiger partial charge in [-0.1, -0.05) is 6.42 Å². The lowest BCUT2D eigenvalue weighted by molar-refractivity contribution is 0.200. The Morgan fingerprint density at radius 1 is 1.54 bits per heavy atom. The molecule has 1 saturated carbocycles. The summed E-state index contributed by atoms with van der Waals surface area (Å²) in [6.07, 6.45) is 5.89. The van der Waals surface area contributed by atoms with E-state index in [0.29, 0.717) is 11.3 Å².